The third-order valence-electron chi connectivity index (χ3n) is 5.79. The number of nitrogens with one attached hydrogen (secondary N) is 2. The third kappa shape index (κ3) is 7.83. The summed E-state index contributed by atoms with van der Waals surface area (Å²) in [5, 5.41) is 17.8. The summed E-state index contributed by atoms with van der Waals surface area (Å²) in [5.74, 6) is -0.122. The van der Waals surface area contributed by atoms with E-state index < -0.39 is 11.0 Å². The van der Waals surface area contributed by atoms with E-state index in [1.807, 2.05) is 42.5 Å². The average molecular weight is 523 g/mol. The number of nitrogens with zero attached hydrogens (tertiary/aromatic N) is 2. The van der Waals surface area contributed by atoms with Crippen molar-refractivity contribution >= 4 is 23.7 Å². The van der Waals surface area contributed by atoms with Gasteiger partial charge in [-0.3, -0.25) is 19.7 Å². The summed E-state index contributed by atoms with van der Waals surface area (Å²) >= 11 is 0. The molecule has 2 amide bonds. The summed E-state index contributed by atoms with van der Waals surface area (Å²) in [7, 11) is 0. The molecule has 0 heterocycles. The Bertz CT molecular complexity index is 1440. The van der Waals surface area contributed by atoms with Crippen LogP contribution in [0, 0.1) is 10.1 Å². The lowest BCUT2D eigenvalue weighted by atomic mass is 10.0. The fourth-order valence-electron chi connectivity index (χ4n) is 3.77. The van der Waals surface area contributed by atoms with E-state index in [-0.39, 0.29) is 30.5 Å². The predicted octanol–water partition coefficient (Wildman–Crippen LogP) is 5.19. The van der Waals surface area contributed by atoms with Gasteiger partial charge >= 0.3 is 0 Å². The maximum Gasteiger partial charge on any atom is 0.269 e. The number of nitro groups is 1. The van der Waals surface area contributed by atoms with Gasteiger partial charge in [-0.15, -0.1) is 0 Å². The lowest BCUT2D eigenvalue weighted by Gasteiger charge is -2.18. The number of non-ortho nitro benzene ring substituents is 1. The maximum atomic E-state index is 12.8. The number of carbonyl (C=O) groups is 2. The van der Waals surface area contributed by atoms with Crippen LogP contribution in [0.3, 0.4) is 0 Å². The quantitative estimate of drug-likeness (QED) is 0.160. The summed E-state index contributed by atoms with van der Waals surface area (Å²) in [6, 6.07) is 30.8. The van der Waals surface area contributed by atoms with E-state index in [4.69, 9.17) is 4.74 Å². The number of nitro benzene ring substituents is 1. The molecular weight excluding hydrogens is 496 g/mol. The molecule has 0 spiro atoms. The molecule has 0 radical (unpaired) electrons. The van der Waals surface area contributed by atoms with Gasteiger partial charge in [0, 0.05) is 23.3 Å². The van der Waals surface area contributed by atoms with Gasteiger partial charge in [0.1, 0.15) is 12.4 Å². The Morgan fingerprint density at radius 1 is 0.872 bits per heavy atom. The standard InChI is InChI=1S/C30H26N4O5/c35-29(19-27(23-9-3-1-4-10-23)32-30(36)24-11-5-2-6-12-24)33-31-20-25-13-7-8-14-28(25)39-21-22-15-17-26(18-16-22)34(37)38/h1-18,20,27H,19,21H2,(H,32,36)(H,33,35)/b31-20-/t27-/m0/s1. The van der Waals surface area contributed by atoms with E-state index in [0.717, 1.165) is 11.1 Å². The second-order valence-corrected chi connectivity index (χ2v) is 8.55. The first-order valence-corrected chi connectivity index (χ1v) is 12.2. The molecule has 4 rings (SSSR count). The fourth-order valence-corrected chi connectivity index (χ4v) is 3.77. The number of hydrazone groups is 1. The Labute approximate surface area is 225 Å². The van der Waals surface area contributed by atoms with Gasteiger partial charge in [0.2, 0.25) is 5.91 Å². The summed E-state index contributed by atoms with van der Waals surface area (Å²) in [6.07, 6.45) is 1.46. The van der Waals surface area contributed by atoms with Crippen LogP contribution in [0.1, 0.15) is 39.5 Å². The largest absolute Gasteiger partial charge is 0.488 e. The highest BCUT2D eigenvalue weighted by molar-refractivity contribution is 5.94. The highest BCUT2D eigenvalue weighted by Gasteiger charge is 2.19. The molecule has 1 atom stereocenters. The molecule has 0 aliphatic carbocycles. The van der Waals surface area contributed by atoms with Gasteiger partial charge in [-0.05, 0) is 47.5 Å². The molecule has 0 aromatic heterocycles. The molecule has 0 saturated heterocycles. The highest BCUT2D eigenvalue weighted by atomic mass is 16.6. The first-order chi connectivity index (χ1) is 19.0. The van der Waals surface area contributed by atoms with E-state index in [1.54, 1.807) is 54.6 Å². The SMILES string of the molecule is O=C(C[C@H](NC(=O)c1ccccc1)c1ccccc1)N/N=C\c1ccccc1OCc1ccc([N+](=O)[O-])cc1. The zero-order chi connectivity index (χ0) is 27.5. The minimum Gasteiger partial charge on any atom is -0.488 e. The maximum absolute atomic E-state index is 12.8. The van der Waals surface area contributed by atoms with Crippen LogP contribution in [-0.2, 0) is 11.4 Å². The smallest absolute Gasteiger partial charge is 0.269 e. The fraction of sp³-hybridized carbons (Fsp3) is 0.100. The minimum absolute atomic E-state index is 0.0103. The van der Waals surface area contributed by atoms with Crippen LogP contribution in [0.2, 0.25) is 0 Å². The highest BCUT2D eigenvalue weighted by Crippen LogP contribution is 2.20. The summed E-state index contributed by atoms with van der Waals surface area (Å²) in [4.78, 5) is 35.9. The van der Waals surface area contributed by atoms with Crippen LogP contribution in [0.5, 0.6) is 5.75 Å². The molecule has 0 fully saturated rings. The first kappa shape index (κ1) is 26.7. The molecule has 0 bridgehead atoms. The Morgan fingerprint density at radius 3 is 2.21 bits per heavy atom. The van der Waals surface area contributed by atoms with Crippen molar-refractivity contribution in [1.29, 1.82) is 0 Å². The number of ether oxygens (including phenoxy) is 1. The van der Waals surface area contributed by atoms with Crippen molar-refractivity contribution in [1.82, 2.24) is 10.7 Å². The lowest BCUT2D eigenvalue weighted by Crippen LogP contribution is -2.32. The molecule has 0 aliphatic heterocycles. The van der Waals surface area contributed by atoms with Crippen molar-refractivity contribution in [3.8, 4) is 5.75 Å². The number of hydrogen-bond acceptors (Lipinski definition) is 6. The van der Waals surface area contributed by atoms with Crippen molar-refractivity contribution in [2.45, 2.75) is 19.1 Å². The second-order valence-electron chi connectivity index (χ2n) is 8.55. The van der Waals surface area contributed by atoms with Crippen molar-refractivity contribution in [3.05, 3.63) is 142 Å². The van der Waals surface area contributed by atoms with E-state index in [1.165, 1.54) is 18.3 Å². The topological polar surface area (TPSA) is 123 Å². The van der Waals surface area contributed by atoms with Crippen LogP contribution in [0.4, 0.5) is 5.69 Å². The third-order valence-corrected chi connectivity index (χ3v) is 5.79. The van der Waals surface area contributed by atoms with Gasteiger partial charge in [0.25, 0.3) is 11.6 Å². The van der Waals surface area contributed by atoms with Crippen molar-refractivity contribution in [3.63, 3.8) is 0 Å². The number of benzene rings is 4. The zero-order valence-electron chi connectivity index (χ0n) is 20.9. The predicted molar refractivity (Wildman–Crippen MR) is 147 cm³/mol. The van der Waals surface area contributed by atoms with Crippen molar-refractivity contribution in [2.24, 2.45) is 5.10 Å². The van der Waals surface area contributed by atoms with Crippen LogP contribution in [0.25, 0.3) is 0 Å². The number of carbonyl (C=O) groups excluding carboxylic acids is 2. The van der Waals surface area contributed by atoms with Gasteiger partial charge in [-0.25, -0.2) is 5.43 Å². The Morgan fingerprint density at radius 2 is 1.51 bits per heavy atom. The normalized spacial score (nSPS) is 11.5. The molecule has 0 unspecified atom stereocenters. The molecule has 4 aromatic carbocycles. The van der Waals surface area contributed by atoms with Crippen molar-refractivity contribution in [2.75, 3.05) is 0 Å². The van der Waals surface area contributed by atoms with Gasteiger partial charge in [0.05, 0.1) is 23.6 Å². The molecule has 4 aromatic rings. The number of para-hydroxylation sites is 1. The Kier molecular flexibility index (Phi) is 9.12. The summed E-state index contributed by atoms with van der Waals surface area (Å²) < 4.78 is 5.87. The van der Waals surface area contributed by atoms with Crippen LogP contribution in [0.15, 0.2) is 114 Å². The molecule has 2 N–H and O–H groups in total. The zero-order valence-corrected chi connectivity index (χ0v) is 20.9. The van der Waals surface area contributed by atoms with E-state index in [0.29, 0.717) is 16.9 Å². The number of hydrogen-bond donors (Lipinski definition) is 2. The van der Waals surface area contributed by atoms with Crippen LogP contribution >= 0.6 is 0 Å². The summed E-state index contributed by atoms with van der Waals surface area (Å²) in [6.45, 7) is 0.203. The van der Waals surface area contributed by atoms with E-state index >= 15 is 0 Å². The second kappa shape index (κ2) is 13.3. The monoisotopic (exact) mass is 522 g/mol. The first-order valence-electron chi connectivity index (χ1n) is 12.2. The van der Waals surface area contributed by atoms with Crippen molar-refractivity contribution < 1.29 is 19.2 Å². The lowest BCUT2D eigenvalue weighted by molar-refractivity contribution is -0.384. The van der Waals surface area contributed by atoms with Gasteiger partial charge in [0.15, 0.2) is 0 Å². The van der Waals surface area contributed by atoms with Crippen LogP contribution < -0.4 is 15.5 Å². The molecule has 39 heavy (non-hydrogen) atoms. The molecular formula is C30H26N4O5. The van der Waals surface area contributed by atoms with E-state index in [9.17, 15) is 19.7 Å². The van der Waals surface area contributed by atoms with Gasteiger partial charge in [-0.2, -0.15) is 5.10 Å². The molecule has 196 valence electrons. The Balaban J connectivity index is 1.37. The molecule has 9 heteroatoms. The molecule has 0 aliphatic rings. The van der Waals surface area contributed by atoms with Crippen LogP contribution in [-0.4, -0.2) is 23.0 Å². The number of amides is 2. The number of rotatable bonds is 11. The van der Waals surface area contributed by atoms with Gasteiger partial charge in [-0.1, -0.05) is 60.7 Å². The van der Waals surface area contributed by atoms with Gasteiger partial charge < -0.3 is 10.1 Å². The Hall–Kier alpha value is -5.31. The minimum atomic E-state index is -0.550. The van der Waals surface area contributed by atoms with E-state index in [2.05, 4.69) is 15.8 Å². The average Bonchev–Trinajstić information content (AvgIpc) is 2.97. The summed E-state index contributed by atoms with van der Waals surface area (Å²) in [5.41, 5.74) is 5.24. The molecule has 9 nitrogen and oxygen atoms in total. The molecule has 0 saturated carbocycles.